The fourth-order valence-electron chi connectivity index (χ4n) is 3.64. The summed E-state index contributed by atoms with van der Waals surface area (Å²) in [6.45, 7) is 7.65. The van der Waals surface area contributed by atoms with Crippen molar-refractivity contribution in [3.05, 3.63) is 29.7 Å². The Bertz CT molecular complexity index is 567. The van der Waals surface area contributed by atoms with Crippen molar-refractivity contribution in [2.45, 2.75) is 32.6 Å². The lowest BCUT2D eigenvalue weighted by molar-refractivity contribution is -0.117. The van der Waals surface area contributed by atoms with E-state index in [1.165, 1.54) is 25.9 Å². The maximum Gasteiger partial charge on any atom is 0.244 e. The highest BCUT2D eigenvalue weighted by Gasteiger charge is 2.35. The molecule has 1 N–H and O–H groups in total. The molecule has 0 atom stereocenters. The average Bonchev–Trinajstić information content (AvgIpc) is 3.24. The molecule has 0 saturated carbocycles. The number of carbonyl (C=O) groups excluding carboxylic acids is 1. The lowest BCUT2D eigenvalue weighted by Gasteiger charge is -2.40. The van der Waals surface area contributed by atoms with Gasteiger partial charge < -0.3 is 19.4 Å². The van der Waals surface area contributed by atoms with Gasteiger partial charge in [0.1, 0.15) is 11.5 Å². The summed E-state index contributed by atoms with van der Waals surface area (Å²) in [4.78, 5) is 14.7. The van der Waals surface area contributed by atoms with Gasteiger partial charge in [-0.3, -0.25) is 4.79 Å². The fraction of sp³-hybridized carbons (Fsp3) is 0.632. The summed E-state index contributed by atoms with van der Waals surface area (Å²) in [6.07, 6.45) is 7.91. The second-order valence-electron chi connectivity index (χ2n) is 7.10. The largest absolute Gasteiger partial charge is 0.462 e. The lowest BCUT2D eigenvalue weighted by Crippen LogP contribution is -2.47. The van der Waals surface area contributed by atoms with Crippen LogP contribution in [-0.4, -0.2) is 50.2 Å². The normalized spacial score (nSPS) is 21.4. The minimum atomic E-state index is -0.0589. The van der Waals surface area contributed by atoms with Crippen LogP contribution >= 0.6 is 0 Å². The molecule has 5 heteroatoms. The number of ether oxygens (including phenoxy) is 1. The molecule has 1 aromatic heterocycles. The van der Waals surface area contributed by atoms with Gasteiger partial charge in [0.2, 0.25) is 5.91 Å². The van der Waals surface area contributed by atoms with Crippen molar-refractivity contribution in [3.63, 3.8) is 0 Å². The van der Waals surface area contributed by atoms with Crippen molar-refractivity contribution >= 4 is 12.0 Å². The molecular weight excluding hydrogens is 304 g/mol. The van der Waals surface area contributed by atoms with Gasteiger partial charge in [-0.15, -0.1) is 0 Å². The molecule has 3 rings (SSSR count). The summed E-state index contributed by atoms with van der Waals surface area (Å²) in [5, 5.41) is 3.09. The van der Waals surface area contributed by atoms with E-state index >= 15 is 0 Å². The van der Waals surface area contributed by atoms with Crippen molar-refractivity contribution in [2.24, 2.45) is 5.41 Å². The Hall–Kier alpha value is -1.59. The summed E-state index contributed by atoms with van der Waals surface area (Å²) in [7, 11) is 0. The highest BCUT2D eigenvalue weighted by atomic mass is 16.5. The van der Waals surface area contributed by atoms with E-state index in [1.807, 2.05) is 19.1 Å². The number of aryl methyl sites for hydroxylation is 1. The molecule has 0 radical (unpaired) electrons. The third-order valence-corrected chi connectivity index (χ3v) is 5.11. The Morgan fingerprint density at radius 3 is 2.71 bits per heavy atom. The zero-order chi connectivity index (χ0) is 16.8. The Labute approximate surface area is 144 Å². The summed E-state index contributed by atoms with van der Waals surface area (Å²) < 4.78 is 11.0. The van der Waals surface area contributed by atoms with Gasteiger partial charge in [-0.2, -0.15) is 0 Å². The maximum absolute atomic E-state index is 12.2. The van der Waals surface area contributed by atoms with Crippen LogP contribution in [0.2, 0.25) is 0 Å². The van der Waals surface area contributed by atoms with Gasteiger partial charge >= 0.3 is 0 Å². The highest BCUT2D eigenvalue weighted by Crippen LogP contribution is 2.32. The smallest absolute Gasteiger partial charge is 0.244 e. The molecule has 2 fully saturated rings. The van der Waals surface area contributed by atoms with E-state index < -0.39 is 0 Å². The molecule has 24 heavy (non-hydrogen) atoms. The van der Waals surface area contributed by atoms with E-state index in [4.69, 9.17) is 9.15 Å². The molecule has 1 aromatic rings. The number of rotatable bonds is 6. The van der Waals surface area contributed by atoms with Crippen LogP contribution in [0.3, 0.4) is 0 Å². The van der Waals surface area contributed by atoms with Crippen molar-refractivity contribution < 1.29 is 13.9 Å². The van der Waals surface area contributed by atoms with Gasteiger partial charge in [-0.05, 0) is 63.9 Å². The van der Waals surface area contributed by atoms with Crippen LogP contribution in [0, 0.1) is 12.3 Å². The molecule has 5 nitrogen and oxygen atoms in total. The first-order valence-corrected chi connectivity index (χ1v) is 8.98. The van der Waals surface area contributed by atoms with Crippen LogP contribution < -0.4 is 5.32 Å². The van der Waals surface area contributed by atoms with Crippen molar-refractivity contribution in [2.75, 3.05) is 39.4 Å². The minimum Gasteiger partial charge on any atom is -0.462 e. The van der Waals surface area contributed by atoms with E-state index in [-0.39, 0.29) is 11.3 Å². The Balaban J connectivity index is 1.54. The summed E-state index contributed by atoms with van der Waals surface area (Å²) in [5.41, 5.74) is 0.146. The standard InChI is InChI=1S/C19H28N2O3/c1-16-4-5-17(24-16)6-7-18(22)20-14-19(8-12-23-13-9-19)15-21-10-2-3-11-21/h4-7H,2-3,8-15H2,1H3,(H,20,22)/b7-6+. The van der Waals surface area contributed by atoms with E-state index in [2.05, 4.69) is 10.2 Å². The van der Waals surface area contributed by atoms with Crippen LogP contribution in [0.25, 0.3) is 6.08 Å². The second-order valence-corrected chi connectivity index (χ2v) is 7.10. The van der Waals surface area contributed by atoms with Gasteiger partial charge in [0, 0.05) is 37.8 Å². The Kier molecular flexibility index (Phi) is 5.74. The topological polar surface area (TPSA) is 54.7 Å². The number of furan rings is 1. The monoisotopic (exact) mass is 332 g/mol. The zero-order valence-electron chi connectivity index (χ0n) is 14.6. The number of amides is 1. The van der Waals surface area contributed by atoms with Crippen LogP contribution in [0.5, 0.6) is 0 Å². The molecule has 3 heterocycles. The van der Waals surface area contributed by atoms with Crippen LogP contribution in [0.15, 0.2) is 22.6 Å². The molecule has 2 aliphatic rings. The quantitative estimate of drug-likeness (QED) is 0.814. The van der Waals surface area contributed by atoms with Crippen molar-refractivity contribution in [3.8, 4) is 0 Å². The number of likely N-dealkylation sites (tertiary alicyclic amines) is 1. The van der Waals surface area contributed by atoms with Crippen LogP contribution in [0.4, 0.5) is 0 Å². The van der Waals surface area contributed by atoms with E-state index in [9.17, 15) is 4.79 Å². The maximum atomic E-state index is 12.2. The van der Waals surface area contributed by atoms with Gasteiger partial charge in [-0.1, -0.05) is 0 Å². The predicted molar refractivity (Wildman–Crippen MR) is 93.6 cm³/mol. The number of hydrogen-bond acceptors (Lipinski definition) is 4. The van der Waals surface area contributed by atoms with Gasteiger partial charge in [0.25, 0.3) is 0 Å². The highest BCUT2D eigenvalue weighted by molar-refractivity contribution is 5.91. The summed E-state index contributed by atoms with van der Waals surface area (Å²) in [6, 6.07) is 3.76. The molecule has 0 aromatic carbocycles. The number of carbonyl (C=O) groups is 1. The first-order chi connectivity index (χ1) is 11.7. The predicted octanol–water partition coefficient (Wildman–Crippen LogP) is 2.61. The third-order valence-electron chi connectivity index (χ3n) is 5.11. The lowest BCUT2D eigenvalue weighted by atomic mass is 9.79. The summed E-state index contributed by atoms with van der Waals surface area (Å²) in [5.74, 6) is 1.50. The average molecular weight is 332 g/mol. The van der Waals surface area contributed by atoms with E-state index in [1.54, 1.807) is 12.2 Å². The van der Waals surface area contributed by atoms with Crippen molar-refractivity contribution in [1.82, 2.24) is 10.2 Å². The van der Waals surface area contributed by atoms with Crippen LogP contribution in [-0.2, 0) is 9.53 Å². The molecule has 132 valence electrons. The minimum absolute atomic E-state index is 0.0589. The molecule has 0 unspecified atom stereocenters. The Morgan fingerprint density at radius 1 is 1.29 bits per heavy atom. The molecule has 0 spiro atoms. The van der Waals surface area contributed by atoms with Crippen LogP contribution in [0.1, 0.15) is 37.2 Å². The third kappa shape index (κ3) is 4.71. The molecule has 0 bridgehead atoms. The second kappa shape index (κ2) is 7.99. The molecular formula is C19H28N2O3. The van der Waals surface area contributed by atoms with Gasteiger partial charge in [0.05, 0.1) is 0 Å². The molecule has 2 aliphatic heterocycles. The van der Waals surface area contributed by atoms with Gasteiger partial charge in [0.15, 0.2) is 0 Å². The molecule has 0 aliphatic carbocycles. The zero-order valence-corrected chi connectivity index (χ0v) is 14.6. The van der Waals surface area contributed by atoms with E-state index in [0.29, 0.717) is 12.3 Å². The first-order valence-electron chi connectivity index (χ1n) is 8.98. The number of nitrogens with zero attached hydrogens (tertiary/aromatic N) is 1. The number of nitrogens with one attached hydrogen (secondary N) is 1. The number of hydrogen-bond donors (Lipinski definition) is 1. The first kappa shape index (κ1) is 17.2. The molecule has 1 amide bonds. The van der Waals surface area contributed by atoms with Gasteiger partial charge in [-0.25, -0.2) is 0 Å². The SMILES string of the molecule is Cc1ccc(/C=C/C(=O)NCC2(CN3CCCC3)CCOCC2)o1. The summed E-state index contributed by atoms with van der Waals surface area (Å²) >= 11 is 0. The van der Waals surface area contributed by atoms with Crippen molar-refractivity contribution in [1.29, 1.82) is 0 Å². The Morgan fingerprint density at radius 2 is 2.04 bits per heavy atom. The van der Waals surface area contributed by atoms with E-state index in [0.717, 1.165) is 38.4 Å². The fourth-order valence-corrected chi connectivity index (χ4v) is 3.64. The molecule has 2 saturated heterocycles.